The SMILES string of the molecule is CCN(CC(N)=O)c1ncc(Cl)cc1Br. The van der Waals surface area contributed by atoms with Crippen LogP contribution in [-0.4, -0.2) is 24.0 Å². The summed E-state index contributed by atoms with van der Waals surface area (Å²) >= 11 is 9.11. The van der Waals surface area contributed by atoms with Gasteiger partial charge in [-0.2, -0.15) is 0 Å². The van der Waals surface area contributed by atoms with E-state index in [0.717, 1.165) is 4.47 Å². The molecule has 0 fully saturated rings. The van der Waals surface area contributed by atoms with E-state index in [2.05, 4.69) is 20.9 Å². The highest BCUT2D eigenvalue weighted by Gasteiger charge is 2.12. The van der Waals surface area contributed by atoms with Crippen molar-refractivity contribution >= 4 is 39.3 Å². The van der Waals surface area contributed by atoms with Crippen molar-refractivity contribution in [3.63, 3.8) is 0 Å². The minimum absolute atomic E-state index is 0.143. The van der Waals surface area contributed by atoms with E-state index in [4.69, 9.17) is 17.3 Å². The van der Waals surface area contributed by atoms with Crippen molar-refractivity contribution in [2.45, 2.75) is 6.92 Å². The molecule has 15 heavy (non-hydrogen) atoms. The van der Waals surface area contributed by atoms with Gasteiger partial charge in [-0.1, -0.05) is 11.6 Å². The van der Waals surface area contributed by atoms with Crippen LogP contribution in [0.4, 0.5) is 5.82 Å². The molecule has 0 saturated heterocycles. The van der Waals surface area contributed by atoms with Gasteiger partial charge >= 0.3 is 0 Å². The Labute approximate surface area is 102 Å². The first-order valence-electron chi connectivity index (χ1n) is 4.39. The smallest absolute Gasteiger partial charge is 0.236 e. The molecule has 0 aliphatic heterocycles. The summed E-state index contributed by atoms with van der Waals surface area (Å²) in [5, 5.41) is 0.542. The van der Waals surface area contributed by atoms with Crippen molar-refractivity contribution in [1.82, 2.24) is 4.98 Å². The first-order chi connectivity index (χ1) is 7.04. The van der Waals surface area contributed by atoms with Gasteiger partial charge in [-0.15, -0.1) is 0 Å². The van der Waals surface area contributed by atoms with Gasteiger partial charge in [0.25, 0.3) is 0 Å². The number of carbonyl (C=O) groups excluding carboxylic acids is 1. The van der Waals surface area contributed by atoms with Gasteiger partial charge in [0.05, 0.1) is 16.0 Å². The third-order valence-electron chi connectivity index (χ3n) is 1.82. The molecule has 0 saturated carbocycles. The van der Waals surface area contributed by atoms with E-state index in [9.17, 15) is 4.79 Å². The molecule has 82 valence electrons. The molecule has 2 N–H and O–H groups in total. The van der Waals surface area contributed by atoms with E-state index in [1.54, 1.807) is 11.0 Å². The molecule has 1 heterocycles. The maximum absolute atomic E-state index is 10.8. The van der Waals surface area contributed by atoms with Gasteiger partial charge in [0, 0.05) is 12.7 Å². The minimum Gasteiger partial charge on any atom is -0.368 e. The van der Waals surface area contributed by atoms with Crippen LogP contribution in [0.5, 0.6) is 0 Å². The van der Waals surface area contributed by atoms with Crippen molar-refractivity contribution in [1.29, 1.82) is 0 Å². The minimum atomic E-state index is -0.388. The van der Waals surface area contributed by atoms with E-state index in [-0.39, 0.29) is 12.5 Å². The molecule has 1 aromatic heterocycles. The summed E-state index contributed by atoms with van der Waals surface area (Å²) in [4.78, 5) is 16.7. The summed E-state index contributed by atoms with van der Waals surface area (Å²) in [5.74, 6) is 0.279. The van der Waals surface area contributed by atoms with Crippen molar-refractivity contribution < 1.29 is 4.79 Å². The van der Waals surface area contributed by atoms with Crippen LogP contribution in [0.2, 0.25) is 5.02 Å². The monoisotopic (exact) mass is 291 g/mol. The molecular weight excluding hydrogens is 281 g/mol. The zero-order chi connectivity index (χ0) is 11.4. The fourth-order valence-electron chi connectivity index (χ4n) is 1.16. The molecule has 0 radical (unpaired) electrons. The molecule has 0 bridgehead atoms. The number of primary amides is 1. The molecule has 4 nitrogen and oxygen atoms in total. The normalized spacial score (nSPS) is 10.1. The average molecular weight is 293 g/mol. The molecule has 6 heteroatoms. The zero-order valence-corrected chi connectivity index (χ0v) is 10.5. The number of halogens is 2. The van der Waals surface area contributed by atoms with Crippen LogP contribution in [0.25, 0.3) is 0 Å². The van der Waals surface area contributed by atoms with Crippen LogP contribution >= 0.6 is 27.5 Å². The Kier molecular flexibility index (Phi) is 4.35. The number of hydrogen-bond donors (Lipinski definition) is 1. The van der Waals surface area contributed by atoms with Crippen LogP contribution in [-0.2, 0) is 4.79 Å². The molecule has 0 unspecified atom stereocenters. The zero-order valence-electron chi connectivity index (χ0n) is 8.20. The summed E-state index contributed by atoms with van der Waals surface area (Å²) in [6, 6.07) is 1.73. The fraction of sp³-hybridized carbons (Fsp3) is 0.333. The molecule has 0 aliphatic carbocycles. The Hall–Kier alpha value is -0.810. The molecule has 1 rings (SSSR count). The number of hydrogen-bond acceptors (Lipinski definition) is 3. The number of nitrogens with zero attached hydrogens (tertiary/aromatic N) is 2. The summed E-state index contributed by atoms with van der Waals surface area (Å²) in [7, 11) is 0. The van der Waals surface area contributed by atoms with Crippen LogP contribution in [0.15, 0.2) is 16.7 Å². The van der Waals surface area contributed by atoms with Gasteiger partial charge in [0.1, 0.15) is 5.82 Å². The van der Waals surface area contributed by atoms with Gasteiger partial charge in [-0.05, 0) is 28.9 Å². The highest BCUT2D eigenvalue weighted by Crippen LogP contribution is 2.26. The number of rotatable bonds is 4. The number of likely N-dealkylation sites (N-methyl/N-ethyl adjacent to an activating group) is 1. The lowest BCUT2D eigenvalue weighted by Crippen LogP contribution is -2.34. The predicted octanol–water partition coefficient (Wildman–Crippen LogP) is 1.81. The van der Waals surface area contributed by atoms with Gasteiger partial charge in [0.2, 0.25) is 5.91 Å². The van der Waals surface area contributed by atoms with Crippen molar-refractivity contribution in [2.75, 3.05) is 18.0 Å². The Morgan fingerprint density at radius 2 is 2.40 bits per heavy atom. The van der Waals surface area contributed by atoms with Crippen LogP contribution in [0.1, 0.15) is 6.92 Å². The number of amides is 1. The quantitative estimate of drug-likeness (QED) is 0.921. The standard InChI is InChI=1S/C9H11BrClN3O/c1-2-14(5-8(12)15)9-7(10)3-6(11)4-13-9/h3-4H,2,5H2,1H3,(H2,12,15). The summed E-state index contributed by atoms with van der Waals surface area (Å²) in [5.41, 5.74) is 5.14. The maximum atomic E-state index is 10.8. The maximum Gasteiger partial charge on any atom is 0.236 e. The largest absolute Gasteiger partial charge is 0.368 e. The topological polar surface area (TPSA) is 59.2 Å². The lowest BCUT2D eigenvalue weighted by atomic mass is 10.4. The predicted molar refractivity (Wildman–Crippen MR) is 64.0 cm³/mol. The number of pyridine rings is 1. The summed E-state index contributed by atoms with van der Waals surface area (Å²) in [6.07, 6.45) is 1.53. The molecule has 0 aromatic carbocycles. The van der Waals surface area contributed by atoms with Gasteiger partial charge in [-0.3, -0.25) is 4.79 Å². The first kappa shape index (κ1) is 12.3. The fourth-order valence-corrected chi connectivity index (χ4v) is 2.05. The summed E-state index contributed by atoms with van der Waals surface area (Å²) in [6.45, 7) is 2.71. The number of nitrogens with two attached hydrogens (primary N) is 1. The average Bonchev–Trinajstić information content (AvgIpc) is 2.14. The second-order valence-corrected chi connectivity index (χ2v) is 4.23. The van der Waals surface area contributed by atoms with Crippen molar-refractivity contribution in [3.8, 4) is 0 Å². The number of aromatic nitrogens is 1. The summed E-state index contributed by atoms with van der Waals surface area (Å²) < 4.78 is 0.748. The Morgan fingerprint density at radius 3 is 2.87 bits per heavy atom. The van der Waals surface area contributed by atoms with E-state index >= 15 is 0 Å². The third-order valence-corrected chi connectivity index (χ3v) is 2.61. The number of carbonyl (C=O) groups is 1. The van der Waals surface area contributed by atoms with E-state index in [1.807, 2.05) is 6.92 Å². The van der Waals surface area contributed by atoms with Crippen molar-refractivity contribution in [3.05, 3.63) is 21.8 Å². The Morgan fingerprint density at radius 1 is 1.73 bits per heavy atom. The second kappa shape index (κ2) is 5.32. The van der Waals surface area contributed by atoms with Crippen LogP contribution in [0.3, 0.4) is 0 Å². The lowest BCUT2D eigenvalue weighted by Gasteiger charge is -2.21. The van der Waals surface area contributed by atoms with E-state index in [1.165, 1.54) is 6.20 Å². The van der Waals surface area contributed by atoms with Crippen LogP contribution < -0.4 is 10.6 Å². The molecule has 1 amide bonds. The number of anilines is 1. The highest BCUT2D eigenvalue weighted by atomic mass is 79.9. The molecule has 0 aliphatic rings. The van der Waals surface area contributed by atoms with Crippen LogP contribution in [0, 0.1) is 0 Å². The molecule has 0 atom stereocenters. The molecular formula is C9H11BrClN3O. The first-order valence-corrected chi connectivity index (χ1v) is 5.56. The van der Waals surface area contributed by atoms with Gasteiger partial charge < -0.3 is 10.6 Å². The molecule has 1 aromatic rings. The third kappa shape index (κ3) is 3.35. The lowest BCUT2D eigenvalue weighted by molar-refractivity contribution is -0.116. The van der Waals surface area contributed by atoms with Crippen molar-refractivity contribution in [2.24, 2.45) is 5.73 Å². The van der Waals surface area contributed by atoms with Gasteiger partial charge in [-0.25, -0.2) is 4.98 Å². The Bertz CT molecular complexity index is 372. The van der Waals surface area contributed by atoms with Gasteiger partial charge in [0.15, 0.2) is 0 Å². The van der Waals surface area contributed by atoms with E-state index < -0.39 is 0 Å². The van der Waals surface area contributed by atoms with E-state index in [0.29, 0.717) is 17.4 Å². The molecule has 0 spiro atoms. The second-order valence-electron chi connectivity index (χ2n) is 2.94. The highest BCUT2D eigenvalue weighted by molar-refractivity contribution is 9.10. The Balaban J connectivity index is 2.96.